The van der Waals surface area contributed by atoms with Gasteiger partial charge in [-0.3, -0.25) is 4.99 Å². The summed E-state index contributed by atoms with van der Waals surface area (Å²) in [5, 5.41) is 10.4. The highest BCUT2D eigenvalue weighted by Crippen LogP contribution is 2.38. The molecule has 1 aliphatic rings. The highest BCUT2D eigenvalue weighted by molar-refractivity contribution is 5.93. The highest BCUT2D eigenvalue weighted by Gasteiger charge is 2.40. The van der Waals surface area contributed by atoms with E-state index in [-0.39, 0.29) is 66.2 Å². The molecule has 0 aromatic carbocycles. The SMILES string of the molecule is CC(C)C1(c2nc(-c3ccnc(N)c3F)ccc2O)C=NC(N)=NC1.Cl.Cl.Cl. The first kappa shape index (κ1) is 25.8. The molecule has 28 heavy (non-hydrogen) atoms. The Labute approximate surface area is 180 Å². The summed E-state index contributed by atoms with van der Waals surface area (Å²) in [6, 6.07) is 4.50. The van der Waals surface area contributed by atoms with Crippen LogP contribution < -0.4 is 11.5 Å². The zero-order valence-electron chi connectivity index (χ0n) is 15.2. The molecule has 0 radical (unpaired) electrons. The molecule has 11 heteroatoms. The fraction of sp³-hybridized carbons (Fsp3) is 0.294. The molecule has 0 saturated carbocycles. The lowest BCUT2D eigenvalue weighted by Crippen LogP contribution is -2.42. The van der Waals surface area contributed by atoms with Crippen molar-refractivity contribution in [2.24, 2.45) is 21.6 Å². The van der Waals surface area contributed by atoms with Gasteiger partial charge in [-0.05, 0) is 24.1 Å². The summed E-state index contributed by atoms with van der Waals surface area (Å²) >= 11 is 0. The minimum Gasteiger partial charge on any atom is -0.506 e. The second-order valence-corrected chi connectivity index (χ2v) is 6.25. The molecule has 1 aliphatic heterocycles. The second-order valence-electron chi connectivity index (χ2n) is 6.25. The molecule has 3 heterocycles. The van der Waals surface area contributed by atoms with Gasteiger partial charge in [0.2, 0.25) is 5.96 Å². The number of pyridine rings is 2. The number of aromatic nitrogens is 2. The number of anilines is 1. The number of hydrogen-bond donors (Lipinski definition) is 3. The Hall–Kier alpha value is -2.16. The standard InChI is InChI=1S/C17H19FN6O.3ClH/c1-9(2)17(7-22-16(20)23-8-17)14-12(25)4-3-11(24-14)10-5-6-21-15(19)13(10)18;;;/h3-7,9,25H,8H2,1-2H3,(H2,19,21)(H2,20,23);3*1H. The van der Waals surface area contributed by atoms with Crippen LogP contribution in [0.3, 0.4) is 0 Å². The molecule has 0 aliphatic carbocycles. The molecular weight excluding hydrogens is 430 g/mol. The summed E-state index contributed by atoms with van der Waals surface area (Å²) in [6.45, 7) is 4.24. The summed E-state index contributed by atoms with van der Waals surface area (Å²) < 4.78 is 14.3. The Morgan fingerprint density at radius 1 is 1.14 bits per heavy atom. The first-order valence-corrected chi connectivity index (χ1v) is 7.81. The Morgan fingerprint density at radius 2 is 1.82 bits per heavy atom. The van der Waals surface area contributed by atoms with Crippen molar-refractivity contribution >= 4 is 55.2 Å². The van der Waals surface area contributed by atoms with Gasteiger partial charge in [-0.15, -0.1) is 37.2 Å². The van der Waals surface area contributed by atoms with Gasteiger partial charge < -0.3 is 16.6 Å². The zero-order valence-corrected chi connectivity index (χ0v) is 17.6. The van der Waals surface area contributed by atoms with Gasteiger partial charge in [0.1, 0.15) is 5.75 Å². The third-order valence-electron chi connectivity index (χ3n) is 4.47. The van der Waals surface area contributed by atoms with Crippen molar-refractivity contribution < 1.29 is 9.50 Å². The Bertz CT molecular complexity index is 893. The summed E-state index contributed by atoms with van der Waals surface area (Å²) in [4.78, 5) is 16.5. The van der Waals surface area contributed by atoms with Gasteiger partial charge in [-0.25, -0.2) is 19.4 Å². The van der Waals surface area contributed by atoms with Crippen molar-refractivity contribution in [3.63, 3.8) is 0 Å². The van der Waals surface area contributed by atoms with Crippen LogP contribution in [0.5, 0.6) is 5.75 Å². The topological polar surface area (TPSA) is 123 Å². The third kappa shape index (κ3) is 4.45. The molecule has 0 amide bonds. The second kappa shape index (κ2) is 9.86. The predicted octanol–water partition coefficient (Wildman–Crippen LogP) is 3.13. The van der Waals surface area contributed by atoms with E-state index in [2.05, 4.69) is 20.0 Å². The van der Waals surface area contributed by atoms with E-state index in [1.165, 1.54) is 24.4 Å². The maximum absolute atomic E-state index is 14.3. The first-order chi connectivity index (χ1) is 11.8. The lowest BCUT2D eigenvalue weighted by molar-refractivity contribution is 0.386. The Morgan fingerprint density at radius 3 is 2.39 bits per heavy atom. The normalized spacial score (nSPS) is 17.8. The minimum atomic E-state index is -0.738. The van der Waals surface area contributed by atoms with E-state index in [1.807, 2.05) is 13.8 Å². The fourth-order valence-corrected chi connectivity index (χ4v) is 2.82. The molecule has 7 nitrogen and oxygen atoms in total. The van der Waals surface area contributed by atoms with Crippen molar-refractivity contribution in [3.8, 4) is 17.0 Å². The minimum absolute atomic E-state index is 0. The van der Waals surface area contributed by atoms with Crippen LogP contribution >= 0.6 is 37.2 Å². The van der Waals surface area contributed by atoms with Gasteiger partial charge in [0.25, 0.3) is 0 Å². The molecule has 2 aromatic rings. The van der Waals surface area contributed by atoms with E-state index in [4.69, 9.17) is 11.5 Å². The molecule has 0 bridgehead atoms. The first-order valence-electron chi connectivity index (χ1n) is 7.81. The van der Waals surface area contributed by atoms with Crippen molar-refractivity contribution in [1.82, 2.24) is 9.97 Å². The summed E-state index contributed by atoms with van der Waals surface area (Å²) in [5.41, 5.74) is 11.4. The molecule has 0 fully saturated rings. The summed E-state index contributed by atoms with van der Waals surface area (Å²) in [6.07, 6.45) is 3.07. The van der Waals surface area contributed by atoms with Crippen molar-refractivity contribution in [2.75, 3.05) is 12.3 Å². The lowest BCUT2D eigenvalue weighted by atomic mass is 9.74. The number of guanidine groups is 1. The van der Waals surface area contributed by atoms with Crippen molar-refractivity contribution in [1.29, 1.82) is 0 Å². The van der Waals surface area contributed by atoms with E-state index in [0.717, 1.165) is 0 Å². The third-order valence-corrected chi connectivity index (χ3v) is 4.47. The average molecular weight is 452 g/mol. The van der Waals surface area contributed by atoms with Gasteiger partial charge in [0, 0.05) is 18.0 Å². The molecule has 5 N–H and O–H groups in total. The van der Waals surface area contributed by atoms with Crippen LogP contribution in [-0.2, 0) is 5.41 Å². The summed E-state index contributed by atoms with van der Waals surface area (Å²) in [5.74, 6) is -0.662. The van der Waals surface area contributed by atoms with Gasteiger partial charge in [0.15, 0.2) is 11.6 Å². The predicted molar refractivity (Wildman–Crippen MR) is 117 cm³/mol. The molecule has 2 aromatic heterocycles. The van der Waals surface area contributed by atoms with Crippen LogP contribution in [-0.4, -0.2) is 33.8 Å². The average Bonchev–Trinajstić information content (AvgIpc) is 2.59. The van der Waals surface area contributed by atoms with E-state index < -0.39 is 11.2 Å². The van der Waals surface area contributed by atoms with E-state index in [1.54, 1.807) is 6.21 Å². The van der Waals surface area contributed by atoms with E-state index in [9.17, 15) is 9.50 Å². The number of aromatic hydroxyl groups is 1. The monoisotopic (exact) mass is 450 g/mol. The summed E-state index contributed by atoms with van der Waals surface area (Å²) in [7, 11) is 0. The Balaban J connectivity index is 0.00000243. The molecule has 0 saturated heterocycles. The Kier molecular flexibility index (Phi) is 9.10. The number of hydrogen-bond acceptors (Lipinski definition) is 7. The van der Waals surface area contributed by atoms with E-state index >= 15 is 0 Å². The maximum Gasteiger partial charge on any atom is 0.215 e. The molecule has 1 atom stereocenters. The fourth-order valence-electron chi connectivity index (χ4n) is 2.82. The number of halogens is 4. The van der Waals surface area contributed by atoms with Crippen LogP contribution in [0.1, 0.15) is 19.5 Å². The van der Waals surface area contributed by atoms with Crippen LogP contribution in [0.2, 0.25) is 0 Å². The maximum atomic E-state index is 14.3. The van der Waals surface area contributed by atoms with Crippen LogP contribution in [0.25, 0.3) is 11.3 Å². The van der Waals surface area contributed by atoms with Gasteiger partial charge in [0.05, 0.1) is 23.3 Å². The molecule has 3 rings (SSSR count). The smallest absolute Gasteiger partial charge is 0.215 e. The van der Waals surface area contributed by atoms with Gasteiger partial charge >= 0.3 is 0 Å². The van der Waals surface area contributed by atoms with Gasteiger partial charge in [-0.1, -0.05) is 13.8 Å². The molecule has 1 unspecified atom stereocenters. The van der Waals surface area contributed by atoms with Crippen LogP contribution in [0.4, 0.5) is 10.2 Å². The number of nitrogens with two attached hydrogens (primary N) is 2. The van der Waals surface area contributed by atoms with Crippen LogP contribution in [0, 0.1) is 11.7 Å². The van der Waals surface area contributed by atoms with Crippen molar-refractivity contribution in [3.05, 3.63) is 35.9 Å². The number of nitrogen functional groups attached to an aromatic ring is 1. The van der Waals surface area contributed by atoms with Gasteiger partial charge in [-0.2, -0.15) is 0 Å². The number of nitrogens with zero attached hydrogens (tertiary/aromatic N) is 4. The zero-order chi connectivity index (χ0) is 18.2. The van der Waals surface area contributed by atoms with E-state index in [0.29, 0.717) is 17.9 Å². The lowest BCUT2D eigenvalue weighted by Gasteiger charge is -2.34. The highest BCUT2D eigenvalue weighted by atomic mass is 35.5. The van der Waals surface area contributed by atoms with Crippen LogP contribution in [0.15, 0.2) is 34.4 Å². The molecule has 0 spiro atoms. The largest absolute Gasteiger partial charge is 0.506 e. The molecule has 154 valence electrons. The number of aliphatic imine (C=N–C) groups is 2. The number of rotatable bonds is 3. The molecular formula is C17H22Cl3FN6O. The quantitative estimate of drug-likeness (QED) is 0.661. The van der Waals surface area contributed by atoms with Crippen molar-refractivity contribution in [2.45, 2.75) is 19.3 Å².